The molecular formula is C18H16N2O2. The lowest BCUT2D eigenvalue weighted by atomic mass is 10.1. The number of furan rings is 1. The number of nitrogens with zero attached hydrogens (tertiary/aromatic N) is 1. The minimum atomic E-state index is -0.123. The van der Waals surface area contributed by atoms with Gasteiger partial charge in [-0.1, -0.05) is 30.3 Å². The van der Waals surface area contributed by atoms with Gasteiger partial charge in [-0.25, -0.2) is 0 Å². The number of pyridine rings is 1. The number of amides is 1. The maximum atomic E-state index is 12.0. The Kier molecular flexibility index (Phi) is 4.01. The third-order valence-corrected chi connectivity index (χ3v) is 3.51. The zero-order valence-electron chi connectivity index (χ0n) is 12.2. The number of aromatic nitrogens is 1. The van der Waals surface area contributed by atoms with Crippen LogP contribution in [0.5, 0.6) is 0 Å². The summed E-state index contributed by atoms with van der Waals surface area (Å²) in [7, 11) is 0. The molecule has 1 amide bonds. The molecule has 2 aromatic heterocycles. The van der Waals surface area contributed by atoms with Gasteiger partial charge in [-0.15, -0.1) is 0 Å². The summed E-state index contributed by atoms with van der Waals surface area (Å²) in [5.74, 6) is 0.506. The fourth-order valence-corrected chi connectivity index (χ4v) is 2.25. The van der Waals surface area contributed by atoms with E-state index in [-0.39, 0.29) is 5.91 Å². The highest BCUT2D eigenvalue weighted by molar-refractivity contribution is 5.94. The van der Waals surface area contributed by atoms with Crippen LogP contribution in [0, 0.1) is 6.92 Å². The summed E-state index contributed by atoms with van der Waals surface area (Å²) in [6.45, 7) is 2.26. The lowest BCUT2D eigenvalue weighted by molar-refractivity contribution is 0.0949. The average molecular weight is 292 g/mol. The Morgan fingerprint density at radius 2 is 1.95 bits per heavy atom. The van der Waals surface area contributed by atoms with Crippen LogP contribution >= 0.6 is 0 Å². The highest BCUT2D eigenvalue weighted by atomic mass is 16.3. The molecule has 0 unspecified atom stereocenters. The van der Waals surface area contributed by atoms with Crippen LogP contribution in [-0.2, 0) is 6.54 Å². The van der Waals surface area contributed by atoms with E-state index in [4.69, 9.17) is 4.42 Å². The van der Waals surface area contributed by atoms with Crippen LogP contribution in [0.4, 0.5) is 0 Å². The molecule has 0 aliphatic heterocycles. The van der Waals surface area contributed by atoms with Gasteiger partial charge < -0.3 is 9.73 Å². The van der Waals surface area contributed by atoms with E-state index in [1.54, 1.807) is 19.2 Å². The van der Waals surface area contributed by atoms with Crippen molar-refractivity contribution in [2.45, 2.75) is 13.5 Å². The first-order valence-electron chi connectivity index (χ1n) is 7.05. The van der Waals surface area contributed by atoms with Crippen LogP contribution in [0.1, 0.15) is 21.7 Å². The van der Waals surface area contributed by atoms with Gasteiger partial charge in [-0.2, -0.15) is 0 Å². The van der Waals surface area contributed by atoms with Crippen molar-refractivity contribution in [3.63, 3.8) is 0 Å². The molecule has 0 bridgehead atoms. The number of hydrogen-bond acceptors (Lipinski definition) is 3. The summed E-state index contributed by atoms with van der Waals surface area (Å²) in [4.78, 5) is 16.1. The van der Waals surface area contributed by atoms with Crippen molar-refractivity contribution < 1.29 is 9.21 Å². The molecule has 0 aliphatic rings. The van der Waals surface area contributed by atoms with Crippen LogP contribution in [0.25, 0.3) is 11.1 Å². The quantitative estimate of drug-likeness (QED) is 0.799. The first-order chi connectivity index (χ1) is 10.7. The highest BCUT2D eigenvalue weighted by Crippen LogP contribution is 2.18. The zero-order chi connectivity index (χ0) is 15.4. The normalized spacial score (nSPS) is 10.4. The van der Waals surface area contributed by atoms with Crippen molar-refractivity contribution in [1.82, 2.24) is 10.3 Å². The third-order valence-electron chi connectivity index (χ3n) is 3.51. The van der Waals surface area contributed by atoms with E-state index in [1.807, 2.05) is 42.6 Å². The molecule has 4 nitrogen and oxygen atoms in total. The maximum Gasteiger partial charge on any atom is 0.255 e. The molecule has 0 saturated heterocycles. The Balaban J connectivity index is 1.65. The number of carbonyl (C=O) groups is 1. The van der Waals surface area contributed by atoms with Gasteiger partial charge in [0.25, 0.3) is 5.91 Å². The van der Waals surface area contributed by atoms with E-state index in [1.165, 1.54) is 6.26 Å². The molecule has 3 rings (SSSR count). The standard InChI is InChI=1S/C18H16N2O2/c1-13-17(8-10-22-13)18(21)20-11-14-4-6-15(7-5-14)16-3-2-9-19-12-16/h2-10,12H,11H2,1H3,(H,20,21). The predicted molar refractivity (Wildman–Crippen MR) is 84.3 cm³/mol. The van der Waals surface area contributed by atoms with E-state index < -0.39 is 0 Å². The van der Waals surface area contributed by atoms with Gasteiger partial charge in [-0.3, -0.25) is 9.78 Å². The van der Waals surface area contributed by atoms with E-state index in [0.29, 0.717) is 17.9 Å². The van der Waals surface area contributed by atoms with E-state index in [0.717, 1.165) is 16.7 Å². The number of benzene rings is 1. The lowest BCUT2D eigenvalue weighted by Crippen LogP contribution is -2.22. The summed E-state index contributed by atoms with van der Waals surface area (Å²) < 4.78 is 5.14. The van der Waals surface area contributed by atoms with Crippen LogP contribution in [0.15, 0.2) is 65.5 Å². The summed E-state index contributed by atoms with van der Waals surface area (Å²) in [6.07, 6.45) is 5.11. The Morgan fingerprint density at radius 3 is 2.59 bits per heavy atom. The monoisotopic (exact) mass is 292 g/mol. The molecule has 3 aromatic rings. The van der Waals surface area contributed by atoms with Crippen LogP contribution in [0.2, 0.25) is 0 Å². The van der Waals surface area contributed by atoms with Crippen molar-refractivity contribution in [2.24, 2.45) is 0 Å². The molecular weight excluding hydrogens is 276 g/mol. The number of hydrogen-bond donors (Lipinski definition) is 1. The number of aryl methyl sites for hydroxylation is 1. The molecule has 110 valence electrons. The van der Waals surface area contributed by atoms with Crippen molar-refractivity contribution >= 4 is 5.91 Å². The molecule has 4 heteroatoms. The maximum absolute atomic E-state index is 12.0. The van der Waals surface area contributed by atoms with Gasteiger partial charge in [0.1, 0.15) is 5.76 Å². The number of rotatable bonds is 4. The molecule has 2 heterocycles. The van der Waals surface area contributed by atoms with Crippen molar-refractivity contribution in [1.29, 1.82) is 0 Å². The minimum Gasteiger partial charge on any atom is -0.469 e. The number of nitrogens with one attached hydrogen (secondary N) is 1. The summed E-state index contributed by atoms with van der Waals surface area (Å²) in [6, 6.07) is 13.7. The fourth-order valence-electron chi connectivity index (χ4n) is 2.25. The van der Waals surface area contributed by atoms with Crippen molar-refractivity contribution in [3.05, 3.63) is 78.0 Å². The van der Waals surface area contributed by atoms with Gasteiger partial charge in [0, 0.05) is 18.9 Å². The fraction of sp³-hybridized carbons (Fsp3) is 0.111. The summed E-state index contributed by atoms with van der Waals surface area (Å²) >= 11 is 0. The largest absolute Gasteiger partial charge is 0.469 e. The van der Waals surface area contributed by atoms with E-state index >= 15 is 0 Å². The molecule has 0 spiro atoms. The first-order valence-corrected chi connectivity index (χ1v) is 7.05. The zero-order valence-corrected chi connectivity index (χ0v) is 12.2. The minimum absolute atomic E-state index is 0.123. The van der Waals surface area contributed by atoms with Crippen LogP contribution in [-0.4, -0.2) is 10.9 Å². The second-order valence-corrected chi connectivity index (χ2v) is 5.01. The summed E-state index contributed by atoms with van der Waals surface area (Å²) in [5.41, 5.74) is 3.80. The highest BCUT2D eigenvalue weighted by Gasteiger charge is 2.10. The Hall–Kier alpha value is -2.88. The van der Waals surface area contributed by atoms with Crippen LogP contribution in [0.3, 0.4) is 0 Å². The van der Waals surface area contributed by atoms with Gasteiger partial charge in [-0.05, 0) is 35.7 Å². The topological polar surface area (TPSA) is 55.1 Å². The Morgan fingerprint density at radius 1 is 1.14 bits per heavy atom. The second-order valence-electron chi connectivity index (χ2n) is 5.01. The van der Waals surface area contributed by atoms with Gasteiger partial charge in [0.15, 0.2) is 0 Å². The smallest absolute Gasteiger partial charge is 0.255 e. The van der Waals surface area contributed by atoms with Crippen molar-refractivity contribution in [3.8, 4) is 11.1 Å². The molecule has 0 fully saturated rings. The lowest BCUT2D eigenvalue weighted by Gasteiger charge is -2.06. The third kappa shape index (κ3) is 3.06. The van der Waals surface area contributed by atoms with Gasteiger partial charge in [0.2, 0.25) is 0 Å². The molecule has 0 radical (unpaired) electrons. The van der Waals surface area contributed by atoms with Crippen LogP contribution < -0.4 is 5.32 Å². The predicted octanol–water partition coefficient (Wildman–Crippen LogP) is 3.58. The molecule has 0 atom stereocenters. The molecule has 1 N–H and O–H groups in total. The van der Waals surface area contributed by atoms with Gasteiger partial charge in [0.05, 0.1) is 11.8 Å². The Labute approximate surface area is 128 Å². The SMILES string of the molecule is Cc1occc1C(=O)NCc1ccc(-c2cccnc2)cc1. The number of carbonyl (C=O) groups excluding carboxylic acids is 1. The molecule has 0 saturated carbocycles. The van der Waals surface area contributed by atoms with E-state index in [2.05, 4.69) is 10.3 Å². The molecule has 22 heavy (non-hydrogen) atoms. The van der Waals surface area contributed by atoms with Gasteiger partial charge >= 0.3 is 0 Å². The molecule has 0 aliphatic carbocycles. The van der Waals surface area contributed by atoms with Crippen molar-refractivity contribution in [2.75, 3.05) is 0 Å². The Bertz CT molecular complexity index is 761. The molecule has 1 aromatic carbocycles. The summed E-state index contributed by atoms with van der Waals surface area (Å²) in [5, 5.41) is 2.89. The van der Waals surface area contributed by atoms with E-state index in [9.17, 15) is 4.79 Å². The average Bonchev–Trinajstić information content (AvgIpc) is 3.00. The second kappa shape index (κ2) is 6.26. The first kappa shape index (κ1) is 14.1.